The highest BCUT2D eigenvalue weighted by Gasteiger charge is 2.42. The lowest BCUT2D eigenvalue weighted by molar-refractivity contribution is -0.152. The van der Waals surface area contributed by atoms with Crippen molar-refractivity contribution < 1.29 is 18.4 Å². The lowest BCUT2D eigenvalue weighted by Crippen LogP contribution is -2.40. The Balaban J connectivity index is 2.89. The number of hydrogen-bond acceptors (Lipinski definition) is 4. The second-order valence-electron chi connectivity index (χ2n) is 4.41. The Kier molecular flexibility index (Phi) is 5.06. The van der Waals surface area contributed by atoms with Gasteiger partial charge in [0.2, 0.25) is 0 Å². The summed E-state index contributed by atoms with van der Waals surface area (Å²) in [6, 6.07) is 6.93. The molecular formula is C12H17F3N4O. The number of halogens is 3. The monoisotopic (exact) mass is 290 g/mol. The predicted octanol–water partition coefficient (Wildman–Crippen LogP) is 2.09. The number of amidine groups is 1. The molecule has 5 nitrogen and oxygen atoms in total. The van der Waals surface area contributed by atoms with Gasteiger partial charge < -0.3 is 21.2 Å². The lowest BCUT2D eigenvalue weighted by Gasteiger charge is -2.22. The molecule has 0 amide bonds. The van der Waals surface area contributed by atoms with Crippen LogP contribution in [0.15, 0.2) is 29.4 Å². The smallest absolute Gasteiger partial charge is 0.400 e. The summed E-state index contributed by atoms with van der Waals surface area (Å²) < 4.78 is 38.4. The van der Waals surface area contributed by atoms with Gasteiger partial charge >= 0.3 is 6.18 Å². The third-order valence-electron chi connectivity index (χ3n) is 2.75. The van der Waals surface area contributed by atoms with Gasteiger partial charge in [0, 0.05) is 20.6 Å². The Morgan fingerprint density at radius 1 is 1.40 bits per heavy atom. The van der Waals surface area contributed by atoms with Crippen LogP contribution in [-0.2, 0) is 0 Å². The second-order valence-corrected chi connectivity index (χ2v) is 4.41. The van der Waals surface area contributed by atoms with E-state index in [-0.39, 0.29) is 0 Å². The van der Waals surface area contributed by atoms with Crippen molar-refractivity contribution in [2.45, 2.75) is 6.18 Å². The fourth-order valence-electron chi connectivity index (χ4n) is 1.68. The van der Waals surface area contributed by atoms with Crippen molar-refractivity contribution in [3.05, 3.63) is 24.3 Å². The molecule has 1 rings (SSSR count). The molecule has 112 valence electrons. The average molecular weight is 290 g/mol. The molecule has 1 aromatic rings. The van der Waals surface area contributed by atoms with E-state index in [0.717, 1.165) is 5.69 Å². The summed E-state index contributed by atoms with van der Waals surface area (Å²) in [5.41, 5.74) is 6.38. The standard InChI is InChI=1S/C12H17F3N4O/c1-19(2)10-6-4-3-5-9(10)17-7-8(11(16)18-20)12(13,14)15/h3-6,8,17,20H,7H2,1-2H3,(H2,16,18). The molecular weight excluding hydrogens is 273 g/mol. The van der Waals surface area contributed by atoms with E-state index < -0.39 is 24.5 Å². The largest absolute Gasteiger partial charge is 0.409 e. The molecule has 0 heterocycles. The summed E-state index contributed by atoms with van der Waals surface area (Å²) in [5.74, 6) is -2.92. The van der Waals surface area contributed by atoms with Gasteiger partial charge in [0.25, 0.3) is 0 Å². The first kappa shape index (κ1) is 15.9. The van der Waals surface area contributed by atoms with E-state index in [1.165, 1.54) is 0 Å². The topological polar surface area (TPSA) is 73.9 Å². The summed E-state index contributed by atoms with van der Waals surface area (Å²) >= 11 is 0. The number of anilines is 2. The number of benzene rings is 1. The van der Waals surface area contributed by atoms with Gasteiger partial charge in [-0.15, -0.1) is 0 Å². The van der Waals surface area contributed by atoms with Crippen LogP contribution in [0.4, 0.5) is 24.5 Å². The minimum Gasteiger partial charge on any atom is -0.409 e. The summed E-state index contributed by atoms with van der Waals surface area (Å²) in [6.45, 7) is -0.510. The van der Waals surface area contributed by atoms with E-state index in [9.17, 15) is 13.2 Å². The van der Waals surface area contributed by atoms with Crippen molar-refractivity contribution in [1.82, 2.24) is 0 Å². The van der Waals surface area contributed by atoms with E-state index in [1.54, 1.807) is 43.3 Å². The maximum Gasteiger partial charge on any atom is 0.400 e. The molecule has 0 aliphatic carbocycles. The molecule has 0 aliphatic rings. The summed E-state index contributed by atoms with van der Waals surface area (Å²) in [6.07, 6.45) is -4.59. The number of nitrogens with two attached hydrogens (primary N) is 1. The van der Waals surface area contributed by atoms with Crippen LogP contribution in [0.1, 0.15) is 0 Å². The number of nitrogens with one attached hydrogen (secondary N) is 1. The molecule has 4 N–H and O–H groups in total. The predicted molar refractivity (Wildman–Crippen MR) is 72.2 cm³/mol. The van der Waals surface area contributed by atoms with E-state index in [2.05, 4.69) is 10.5 Å². The first-order chi connectivity index (χ1) is 9.27. The molecule has 8 heteroatoms. The number of nitrogens with zero attached hydrogens (tertiary/aromatic N) is 2. The Morgan fingerprint density at radius 3 is 2.50 bits per heavy atom. The average Bonchev–Trinajstić information content (AvgIpc) is 2.37. The van der Waals surface area contributed by atoms with Gasteiger partial charge in [0.1, 0.15) is 5.92 Å². The zero-order valence-corrected chi connectivity index (χ0v) is 11.1. The third kappa shape index (κ3) is 3.94. The molecule has 0 saturated heterocycles. The van der Waals surface area contributed by atoms with Crippen molar-refractivity contribution in [2.24, 2.45) is 16.8 Å². The van der Waals surface area contributed by atoms with Crippen LogP contribution in [-0.4, -0.2) is 37.9 Å². The first-order valence-corrected chi connectivity index (χ1v) is 5.81. The van der Waals surface area contributed by atoms with E-state index in [1.807, 2.05) is 0 Å². The number of hydrogen-bond donors (Lipinski definition) is 3. The van der Waals surface area contributed by atoms with Gasteiger partial charge in [-0.2, -0.15) is 13.2 Å². The van der Waals surface area contributed by atoms with E-state index in [0.29, 0.717) is 5.69 Å². The first-order valence-electron chi connectivity index (χ1n) is 5.81. The van der Waals surface area contributed by atoms with Gasteiger partial charge in [-0.25, -0.2) is 0 Å². The molecule has 0 bridgehead atoms. The highest BCUT2D eigenvalue weighted by atomic mass is 19.4. The number of oxime groups is 1. The Morgan fingerprint density at radius 2 is 2.00 bits per heavy atom. The lowest BCUT2D eigenvalue weighted by atomic mass is 10.1. The van der Waals surface area contributed by atoms with Crippen LogP contribution in [0.5, 0.6) is 0 Å². The third-order valence-corrected chi connectivity index (χ3v) is 2.75. The Bertz CT molecular complexity index is 474. The van der Waals surface area contributed by atoms with Crippen molar-refractivity contribution >= 4 is 17.2 Å². The summed E-state index contributed by atoms with van der Waals surface area (Å²) in [7, 11) is 3.57. The SMILES string of the molecule is CN(C)c1ccccc1NCC(/C(N)=N/O)C(F)(F)F. The molecule has 0 saturated carbocycles. The number of alkyl halides is 3. The van der Waals surface area contributed by atoms with Crippen LogP contribution in [0.25, 0.3) is 0 Å². The van der Waals surface area contributed by atoms with Crippen molar-refractivity contribution in [3.63, 3.8) is 0 Å². The Hall–Kier alpha value is -2.12. The van der Waals surface area contributed by atoms with Gasteiger partial charge in [-0.3, -0.25) is 0 Å². The van der Waals surface area contributed by atoms with Gasteiger partial charge in [-0.1, -0.05) is 17.3 Å². The minimum absolute atomic E-state index is 0.510. The van der Waals surface area contributed by atoms with Crippen LogP contribution in [0.3, 0.4) is 0 Å². The zero-order valence-electron chi connectivity index (χ0n) is 11.1. The van der Waals surface area contributed by atoms with Crippen LogP contribution in [0, 0.1) is 5.92 Å². The summed E-state index contributed by atoms with van der Waals surface area (Å²) in [5, 5.41) is 13.6. The second kappa shape index (κ2) is 6.36. The van der Waals surface area contributed by atoms with Crippen LogP contribution >= 0.6 is 0 Å². The van der Waals surface area contributed by atoms with E-state index in [4.69, 9.17) is 10.9 Å². The maximum atomic E-state index is 12.8. The summed E-state index contributed by atoms with van der Waals surface area (Å²) in [4.78, 5) is 1.77. The quantitative estimate of drug-likeness (QED) is 0.336. The maximum absolute atomic E-state index is 12.8. The molecule has 20 heavy (non-hydrogen) atoms. The van der Waals surface area contributed by atoms with E-state index >= 15 is 0 Å². The Labute approximate surface area is 114 Å². The normalized spacial score (nSPS) is 13.9. The van der Waals surface area contributed by atoms with Crippen molar-refractivity contribution in [3.8, 4) is 0 Å². The fourth-order valence-corrected chi connectivity index (χ4v) is 1.68. The molecule has 0 spiro atoms. The number of rotatable bonds is 5. The fraction of sp³-hybridized carbons (Fsp3) is 0.417. The van der Waals surface area contributed by atoms with Crippen molar-refractivity contribution in [2.75, 3.05) is 30.9 Å². The molecule has 0 radical (unpaired) electrons. The molecule has 0 aromatic heterocycles. The molecule has 1 atom stereocenters. The molecule has 0 fully saturated rings. The highest BCUT2D eigenvalue weighted by molar-refractivity contribution is 5.83. The number of para-hydroxylation sites is 2. The van der Waals surface area contributed by atoms with Gasteiger partial charge in [0.05, 0.1) is 11.4 Å². The minimum atomic E-state index is -4.59. The highest BCUT2D eigenvalue weighted by Crippen LogP contribution is 2.29. The molecule has 1 unspecified atom stereocenters. The molecule has 0 aliphatic heterocycles. The van der Waals surface area contributed by atoms with Crippen molar-refractivity contribution in [1.29, 1.82) is 0 Å². The van der Waals surface area contributed by atoms with Crippen LogP contribution in [0.2, 0.25) is 0 Å². The zero-order chi connectivity index (χ0) is 15.3. The van der Waals surface area contributed by atoms with Gasteiger partial charge in [0.15, 0.2) is 5.84 Å². The molecule has 1 aromatic carbocycles. The van der Waals surface area contributed by atoms with Crippen LogP contribution < -0.4 is 16.0 Å². The van der Waals surface area contributed by atoms with Gasteiger partial charge in [-0.05, 0) is 12.1 Å².